The van der Waals surface area contributed by atoms with Crippen molar-refractivity contribution in [2.45, 2.75) is 32.1 Å². The van der Waals surface area contributed by atoms with Gasteiger partial charge < -0.3 is 9.47 Å². The topological polar surface area (TPSA) is 52.6 Å². The Hall–Kier alpha value is -2.33. The molecular weight excluding hydrogens is 340 g/mol. The van der Waals surface area contributed by atoms with Crippen molar-refractivity contribution in [1.82, 2.24) is 0 Å². The average Bonchev–Trinajstić information content (AvgIpc) is 2.60. The Morgan fingerprint density at radius 2 is 1.64 bits per heavy atom. The molecule has 0 unspecified atom stereocenters. The van der Waals surface area contributed by atoms with Crippen molar-refractivity contribution >= 4 is 23.5 Å². The third-order valence-electron chi connectivity index (χ3n) is 3.51. The molecule has 0 spiro atoms. The molecule has 2 aromatic carbocycles. The van der Waals surface area contributed by atoms with E-state index in [1.54, 1.807) is 24.3 Å². The monoisotopic (exact) mass is 360 g/mol. The summed E-state index contributed by atoms with van der Waals surface area (Å²) in [5.74, 6) is -0.274. The lowest BCUT2D eigenvalue weighted by atomic mass is 10.1. The predicted molar refractivity (Wildman–Crippen MR) is 96.7 cm³/mol. The first-order valence-corrected chi connectivity index (χ1v) is 8.67. The second kappa shape index (κ2) is 10.5. The van der Waals surface area contributed by atoms with Gasteiger partial charge in [0.25, 0.3) is 0 Å². The number of hydrogen-bond acceptors (Lipinski definition) is 4. The molecule has 0 radical (unpaired) electrons. The van der Waals surface area contributed by atoms with Gasteiger partial charge in [0.15, 0.2) is 0 Å². The molecule has 5 heteroatoms. The van der Waals surface area contributed by atoms with E-state index in [2.05, 4.69) is 0 Å². The van der Waals surface area contributed by atoms with Gasteiger partial charge >= 0.3 is 11.9 Å². The van der Waals surface area contributed by atoms with Crippen LogP contribution in [0.4, 0.5) is 0 Å². The average molecular weight is 361 g/mol. The highest BCUT2D eigenvalue weighted by Gasteiger charge is 2.08. The summed E-state index contributed by atoms with van der Waals surface area (Å²) >= 11 is 5.82. The van der Waals surface area contributed by atoms with Crippen LogP contribution in [-0.2, 0) is 20.7 Å². The molecule has 0 aliphatic rings. The Balaban J connectivity index is 1.55. The van der Waals surface area contributed by atoms with Crippen LogP contribution < -0.4 is 4.74 Å². The van der Waals surface area contributed by atoms with Gasteiger partial charge in [0, 0.05) is 17.9 Å². The van der Waals surface area contributed by atoms with Crippen LogP contribution in [0.3, 0.4) is 0 Å². The van der Waals surface area contributed by atoms with Crippen molar-refractivity contribution < 1.29 is 19.1 Å². The number of ether oxygens (including phenoxy) is 2. The number of benzene rings is 2. The molecule has 0 bridgehead atoms. The molecule has 0 saturated heterocycles. The maximum atomic E-state index is 11.7. The maximum absolute atomic E-state index is 11.7. The summed E-state index contributed by atoms with van der Waals surface area (Å²) in [6, 6.07) is 16.7. The van der Waals surface area contributed by atoms with E-state index >= 15 is 0 Å². The standard InChI is InChI=1S/C20H21ClO4/c21-17-10-4-11-18(15-17)25-20(23)13-5-12-19(22)24-14-6-9-16-7-2-1-3-8-16/h1-4,7-8,10-11,15H,5-6,9,12-14H2. The quantitative estimate of drug-likeness (QED) is 0.373. The van der Waals surface area contributed by atoms with Crippen molar-refractivity contribution in [2.75, 3.05) is 6.61 Å². The van der Waals surface area contributed by atoms with E-state index < -0.39 is 0 Å². The zero-order chi connectivity index (χ0) is 17.9. The number of aryl methyl sites for hydroxylation is 1. The fraction of sp³-hybridized carbons (Fsp3) is 0.300. The molecule has 25 heavy (non-hydrogen) atoms. The van der Waals surface area contributed by atoms with Gasteiger partial charge in [-0.25, -0.2) is 0 Å². The lowest BCUT2D eigenvalue weighted by Gasteiger charge is -2.06. The summed E-state index contributed by atoms with van der Waals surface area (Å²) in [6.07, 6.45) is 2.42. The molecular formula is C20H21ClO4. The third kappa shape index (κ3) is 7.86. The smallest absolute Gasteiger partial charge is 0.311 e. The highest BCUT2D eigenvalue weighted by Crippen LogP contribution is 2.17. The van der Waals surface area contributed by atoms with Gasteiger partial charge in [-0.1, -0.05) is 48.0 Å². The normalized spacial score (nSPS) is 10.3. The number of rotatable bonds is 9. The molecule has 0 N–H and O–H groups in total. The van der Waals surface area contributed by atoms with Gasteiger partial charge in [-0.05, 0) is 43.0 Å². The highest BCUT2D eigenvalue weighted by molar-refractivity contribution is 6.30. The van der Waals surface area contributed by atoms with E-state index in [-0.39, 0.29) is 24.8 Å². The number of hydrogen-bond donors (Lipinski definition) is 0. The van der Waals surface area contributed by atoms with E-state index in [4.69, 9.17) is 21.1 Å². The number of halogens is 1. The minimum Gasteiger partial charge on any atom is -0.466 e. The first-order valence-electron chi connectivity index (χ1n) is 8.29. The molecule has 0 aliphatic carbocycles. The lowest BCUT2D eigenvalue weighted by molar-refractivity contribution is -0.144. The fourth-order valence-corrected chi connectivity index (χ4v) is 2.45. The Bertz CT molecular complexity index is 685. The summed E-state index contributed by atoms with van der Waals surface area (Å²) in [5, 5.41) is 0.504. The summed E-state index contributed by atoms with van der Waals surface area (Å²) in [5.41, 5.74) is 1.22. The molecule has 0 saturated carbocycles. The molecule has 2 aromatic rings. The largest absolute Gasteiger partial charge is 0.466 e. The van der Waals surface area contributed by atoms with E-state index in [1.807, 2.05) is 30.3 Å². The Morgan fingerprint density at radius 1 is 0.880 bits per heavy atom. The summed E-state index contributed by atoms with van der Waals surface area (Å²) in [7, 11) is 0. The van der Waals surface area contributed by atoms with Crippen molar-refractivity contribution in [3.8, 4) is 5.75 Å². The van der Waals surface area contributed by atoms with Crippen LogP contribution in [0, 0.1) is 0 Å². The van der Waals surface area contributed by atoms with Crippen molar-refractivity contribution in [3.63, 3.8) is 0 Å². The minimum atomic E-state index is -0.390. The van der Waals surface area contributed by atoms with E-state index in [0.29, 0.717) is 23.8 Å². The van der Waals surface area contributed by atoms with Gasteiger partial charge in [0.05, 0.1) is 6.61 Å². The second-order valence-electron chi connectivity index (χ2n) is 5.59. The van der Waals surface area contributed by atoms with Crippen LogP contribution >= 0.6 is 11.6 Å². The first kappa shape index (κ1) is 19.0. The molecule has 0 atom stereocenters. The van der Waals surface area contributed by atoms with Gasteiger partial charge in [0.2, 0.25) is 0 Å². The minimum absolute atomic E-state index is 0.158. The van der Waals surface area contributed by atoms with Gasteiger partial charge in [-0.15, -0.1) is 0 Å². The molecule has 0 aliphatic heterocycles. The Kier molecular flexibility index (Phi) is 7.99. The third-order valence-corrected chi connectivity index (χ3v) is 3.74. The van der Waals surface area contributed by atoms with E-state index in [9.17, 15) is 9.59 Å². The van der Waals surface area contributed by atoms with Crippen molar-refractivity contribution in [1.29, 1.82) is 0 Å². The first-order chi connectivity index (χ1) is 12.1. The van der Waals surface area contributed by atoms with Crippen LogP contribution in [0.1, 0.15) is 31.2 Å². The van der Waals surface area contributed by atoms with Crippen LogP contribution in [0.15, 0.2) is 54.6 Å². The highest BCUT2D eigenvalue weighted by atomic mass is 35.5. The predicted octanol–water partition coefficient (Wildman–Crippen LogP) is 4.59. The number of carbonyl (C=O) groups excluding carboxylic acids is 2. The zero-order valence-electron chi connectivity index (χ0n) is 13.9. The molecule has 0 aromatic heterocycles. The Labute approximate surface area is 152 Å². The summed E-state index contributed by atoms with van der Waals surface area (Å²) < 4.78 is 10.3. The lowest BCUT2D eigenvalue weighted by Crippen LogP contribution is -2.10. The molecule has 132 valence electrons. The SMILES string of the molecule is O=C(CCCC(=O)Oc1cccc(Cl)c1)OCCCc1ccccc1. The van der Waals surface area contributed by atoms with Gasteiger partial charge in [-0.2, -0.15) is 0 Å². The molecule has 0 heterocycles. The van der Waals surface area contributed by atoms with E-state index in [1.165, 1.54) is 5.56 Å². The molecule has 4 nitrogen and oxygen atoms in total. The summed E-state index contributed by atoms with van der Waals surface area (Å²) in [4.78, 5) is 23.4. The second-order valence-corrected chi connectivity index (χ2v) is 6.03. The Morgan fingerprint density at radius 3 is 2.40 bits per heavy atom. The zero-order valence-corrected chi connectivity index (χ0v) is 14.7. The maximum Gasteiger partial charge on any atom is 0.311 e. The number of esters is 2. The molecule has 2 rings (SSSR count). The van der Waals surface area contributed by atoms with Crippen molar-refractivity contribution in [3.05, 3.63) is 65.2 Å². The molecule has 0 fully saturated rings. The number of carbonyl (C=O) groups is 2. The van der Waals surface area contributed by atoms with Crippen LogP contribution in [0.5, 0.6) is 5.75 Å². The van der Waals surface area contributed by atoms with Crippen LogP contribution in [0.25, 0.3) is 0 Å². The molecule has 0 amide bonds. The fourth-order valence-electron chi connectivity index (χ4n) is 2.27. The van der Waals surface area contributed by atoms with Crippen LogP contribution in [0.2, 0.25) is 5.02 Å². The van der Waals surface area contributed by atoms with Crippen LogP contribution in [-0.4, -0.2) is 18.5 Å². The van der Waals surface area contributed by atoms with Gasteiger partial charge in [-0.3, -0.25) is 9.59 Å². The van der Waals surface area contributed by atoms with E-state index in [0.717, 1.165) is 12.8 Å². The summed E-state index contributed by atoms with van der Waals surface area (Å²) in [6.45, 7) is 0.390. The van der Waals surface area contributed by atoms with Gasteiger partial charge in [0.1, 0.15) is 5.75 Å². The van der Waals surface area contributed by atoms with Crippen molar-refractivity contribution in [2.24, 2.45) is 0 Å².